The fourth-order valence-corrected chi connectivity index (χ4v) is 3.79. The molecule has 2 aromatic rings. The Kier molecular flexibility index (Phi) is 6.34. The van der Waals surface area contributed by atoms with E-state index in [1.165, 1.54) is 18.3 Å². The quantitative estimate of drug-likeness (QED) is 0.625. The van der Waals surface area contributed by atoms with Crippen molar-refractivity contribution in [1.82, 2.24) is 9.55 Å². The maximum absolute atomic E-state index is 12.3. The molecule has 3 unspecified atom stereocenters. The first-order valence-electron chi connectivity index (χ1n) is 8.89. The van der Waals surface area contributed by atoms with Gasteiger partial charge in [0.2, 0.25) is 0 Å². The lowest BCUT2D eigenvalue weighted by molar-refractivity contribution is -0.0370. The van der Waals surface area contributed by atoms with Crippen molar-refractivity contribution in [3.05, 3.63) is 49.6 Å². The highest BCUT2D eigenvalue weighted by Gasteiger charge is 2.36. The molecule has 13 heteroatoms. The number of hydrogen-bond donors (Lipinski definition) is 2. The molecule has 12 nitrogen and oxygen atoms in total. The zero-order valence-corrected chi connectivity index (χ0v) is 16.9. The zero-order chi connectivity index (χ0) is 21.9. The van der Waals surface area contributed by atoms with Crippen LogP contribution in [0.3, 0.4) is 0 Å². The number of nitrogens with zero attached hydrogens (tertiary/aromatic N) is 4. The summed E-state index contributed by atoms with van der Waals surface area (Å²) in [7, 11) is 0. The van der Waals surface area contributed by atoms with Crippen LogP contribution in [-0.2, 0) is 15.1 Å². The van der Waals surface area contributed by atoms with Crippen molar-refractivity contribution in [3.8, 4) is 0 Å². The van der Waals surface area contributed by atoms with Crippen molar-refractivity contribution < 1.29 is 19.4 Å². The number of aliphatic hydroxyl groups excluding tert-OH is 1. The van der Waals surface area contributed by atoms with Gasteiger partial charge in [0.25, 0.3) is 0 Å². The summed E-state index contributed by atoms with van der Waals surface area (Å²) < 4.78 is 11.9. The average Bonchev–Trinajstić information content (AvgIpc) is 3.29. The van der Waals surface area contributed by atoms with Crippen LogP contribution < -0.4 is 11.0 Å². The summed E-state index contributed by atoms with van der Waals surface area (Å²) in [4.78, 5) is 49.9. The van der Waals surface area contributed by atoms with E-state index in [0.717, 1.165) is 15.9 Å². The second kappa shape index (κ2) is 8.77. The van der Waals surface area contributed by atoms with Crippen LogP contribution in [0.15, 0.2) is 39.5 Å². The number of amides is 1. The molecule has 3 heterocycles. The van der Waals surface area contributed by atoms with Gasteiger partial charge in [-0.1, -0.05) is 5.18 Å². The van der Waals surface area contributed by atoms with Crippen molar-refractivity contribution in [2.45, 2.75) is 44.3 Å². The van der Waals surface area contributed by atoms with Crippen LogP contribution in [0.1, 0.15) is 31.4 Å². The number of aromatic nitrogens is 2. The van der Waals surface area contributed by atoms with Gasteiger partial charge in [-0.05, 0) is 37.2 Å². The van der Waals surface area contributed by atoms with Gasteiger partial charge in [-0.3, -0.25) is 9.88 Å². The van der Waals surface area contributed by atoms with Gasteiger partial charge in [-0.2, -0.15) is 9.89 Å². The van der Waals surface area contributed by atoms with Crippen LogP contribution in [0.2, 0.25) is 0 Å². The van der Waals surface area contributed by atoms with Crippen molar-refractivity contribution >= 4 is 28.2 Å². The number of nitroso groups, excluding NO2 is 2. The molecule has 160 valence electrons. The van der Waals surface area contributed by atoms with Crippen LogP contribution in [0.4, 0.5) is 15.6 Å². The second-order valence-corrected chi connectivity index (χ2v) is 8.08. The van der Waals surface area contributed by atoms with E-state index in [4.69, 9.17) is 9.47 Å². The van der Waals surface area contributed by atoms with E-state index in [2.05, 4.69) is 20.7 Å². The molecule has 3 rings (SSSR count). The molecule has 1 fully saturated rings. The molecule has 0 saturated carbocycles. The molecule has 0 spiro atoms. The number of nitrogens with one attached hydrogen (secondary N) is 1. The third-order valence-corrected chi connectivity index (χ3v) is 5.67. The van der Waals surface area contributed by atoms with Crippen LogP contribution in [0.25, 0.3) is 0 Å². The van der Waals surface area contributed by atoms with E-state index in [0.29, 0.717) is 4.88 Å². The highest BCUT2D eigenvalue weighted by atomic mass is 32.1. The van der Waals surface area contributed by atoms with E-state index in [1.807, 2.05) is 0 Å². The molecule has 0 aliphatic carbocycles. The average molecular weight is 437 g/mol. The van der Waals surface area contributed by atoms with E-state index < -0.39 is 35.8 Å². The highest BCUT2D eigenvalue weighted by molar-refractivity contribution is 7.15. The summed E-state index contributed by atoms with van der Waals surface area (Å²) in [5, 5.41) is 18.3. The molecule has 1 aliphatic rings. The number of rotatable bonds is 7. The number of anilines is 1. The lowest BCUT2D eigenvalue weighted by Gasteiger charge is -2.23. The van der Waals surface area contributed by atoms with E-state index in [9.17, 15) is 24.5 Å². The Morgan fingerprint density at radius 1 is 1.43 bits per heavy atom. The lowest BCUT2D eigenvalue weighted by Crippen LogP contribution is -2.33. The fourth-order valence-electron chi connectivity index (χ4n) is 2.97. The Morgan fingerprint density at radius 2 is 2.20 bits per heavy atom. The van der Waals surface area contributed by atoms with Gasteiger partial charge in [0.1, 0.15) is 24.1 Å². The Bertz CT molecular complexity index is 1000. The van der Waals surface area contributed by atoms with Crippen molar-refractivity contribution in [2.75, 3.05) is 11.9 Å². The normalized spacial score (nSPS) is 21.2. The molecular weight excluding hydrogens is 418 g/mol. The summed E-state index contributed by atoms with van der Waals surface area (Å²) in [5.74, 6) is -0.0583. The zero-order valence-electron chi connectivity index (χ0n) is 16.0. The molecule has 0 aromatic carbocycles. The van der Waals surface area contributed by atoms with Crippen LogP contribution >= 0.6 is 11.3 Å². The minimum atomic E-state index is -1.05. The number of ether oxygens (including phenoxy) is 2. The van der Waals surface area contributed by atoms with Crippen molar-refractivity contribution in [2.24, 2.45) is 10.4 Å². The van der Waals surface area contributed by atoms with E-state index >= 15 is 0 Å². The van der Waals surface area contributed by atoms with Crippen molar-refractivity contribution in [3.63, 3.8) is 0 Å². The third kappa shape index (κ3) is 4.75. The van der Waals surface area contributed by atoms with Gasteiger partial charge in [0, 0.05) is 17.5 Å². The van der Waals surface area contributed by atoms with E-state index in [-0.39, 0.29) is 23.8 Å². The topological polar surface area (TPSA) is 162 Å². The minimum absolute atomic E-state index is 0.0583. The van der Waals surface area contributed by atoms with Gasteiger partial charge in [-0.25, -0.2) is 9.59 Å². The number of thiophene rings is 1. The summed E-state index contributed by atoms with van der Waals surface area (Å²) in [5.41, 5.74) is -1.81. The molecule has 30 heavy (non-hydrogen) atoms. The molecule has 0 radical (unpaired) electrons. The molecule has 2 aromatic heterocycles. The molecule has 3 atom stereocenters. The summed E-state index contributed by atoms with van der Waals surface area (Å²) in [6.07, 6.45) is -1.98. The Labute approximate surface area is 173 Å². The predicted octanol–water partition coefficient (Wildman–Crippen LogP) is 2.60. The standard InChI is InChI=1S/C17H19N5O7S/c1-17(2,11-3-4-13(21-27)30-11)29-16(25)20-12-5-6-22(15(24)19-12)14-10(23)7-9(28-14)8-18-26/h3-6,9-10,14,23H,7-8H2,1-2H3,(H,19,20,24,25). The van der Waals surface area contributed by atoms with Gasteiger partial charge in [-0.15, -0.1) is 16.2 Å². The Hall–Kier alpha value is -3.03. The summed E-state index contributed by atoms with van der Waals surface area (Å²) in [6.45, 7) is 3.15. The Morgan fingerprint density at radius 3 is 2.83 bits per heavy atom. The molecular formula is C17H19N5O7S. The maximum Gasteiger partial charge on any atom is 0.413 e. The second-order valence-electron chi connectivity index (χ2n) is 7.02. The largest absolute Gasteiger partial charge is 0.438 e. The maximum atomic E-state index is 12.3. The lowest BCUT2D eigenvalue weighted by atomic mass is 10.1. The highest BCUT2D eigenvalue weighted by Crippen LogP contribution is 2.35. The molecule has 2 N–H and O–H groups in total. The predicted molar refractivity (Wildman–Crippen MR) is 107 cm³/mol. The smallest absolute Gasteiger partial charge is 0.413 e. The first kappa shape index (κ1) is 21.7. The molecule has 1 aliphatic heterocycles. The van der Waals surface area contributed by atoms with Crippen molar-refractivity contribution in [1.29, 1.82) is 0 Å². The van der Waals surface area contributed by atoms with Crippen LogP contribution in [0.5, 0.6) is 0 Å². The first-order chi connectivity index (χ1) is 14.2. The van der Waals surface area contributed by atoms with Gasteiger partial charge in [0.15, 0.2) is 11.2 Å². The fraction of sp³-hybridized carbons (Fsp3) is 0.471. The van der Waals surface area contributed by atoms with Gasteiger partial charge < -0.3 is 14.6 Å². The van der Waals surface area contributed by atoms with Gasteiger partial charge in [0.05, 0.1) is 6.10 Å². The van der Waals surface area contributed by atoms with Gasteiger partial charge >= 0.3 is 11.8 Å². The summed E-state index contributed by atoms with van der Waals surface area (Å²) >= 11 is 1.09. The van der Waals surface area contributed by atoms with E-state index in [1.54, 1.807) is 19.9 Å². The summed E-state index contributed by atoms with van der Waals surface area (Å²) in [6, 6.07) is 4.50. The molecule has 0 bridgehead atoms. The van der Waals surface area contributed by atoms with Crippen LogP contribution in [-0.4, -0.2) is 39.5 Å². The Balaban J connectivity index is 1.66. The molecule has 1 saturated heterocycles. The SMILES string of the molecule is CC(C)(OC(=O)Nc1ccn(C2OC(CN=O)CC2O)c(=O)n1)c1ccc(N=O)s1. The third-order valence-electron chi connectivity index (χ3n) is 4.40. The van der Waals surface area contributed by atoms with Crippen LogP contribution in [0, 0.1) is 9.81 Å². The number of hydrogen-bond acceptors (Lipinski definition) is 11. The number of carbonyl (C=O) groups excluding carboxylic acids is 1. The molecule has 1 amide bonds. The number of carbonyl (C=O) groups is 1. The monoisotopic (exact) mass is 437 g/mol. The first-order valence-corrected chi connectivity index (χ1v) is 9.70. The minimum Gasteiger partial charge on any atom is -0.438 e. The number of aliphatic hydroxyl groups is 1.